The van der Waals surface area contributed by atoms with E-state index in [2.05, 4.69) is 13.8 Å². The molecule has 1 heterocycles. The number of fused-ring (bicyclic) bond motifs is 1. The molecule has 0 aromatic heterocycles. The van der Waals surface area contributed by atoms with Gasteiger partial charge in [0.05, 0.1) is 16.4 Å². The van der Waals surface area contributed by atoms with Crippen molar-refractivity contribution < 1.29 is 13.2 Å². The molecule has 0 saturated carbocycles. The van der Waals surface area contributed by atoms with Crippen LogP contribution in [0.15, 0.2) is 52.3 Å². The predicted molar refractivity (Wildman–Crippen MR) is 81.6 cm³/mol. The monoisotopic (exact) mass is 302 g/mol. The second-order valence-corrected chi connectivity index (χ2v) is 8.10. The lowest BCUT2D eigenvalue weighted by Gasteiger charge is -2.16. The fourth-order valence-corrected chi connectivity index (χ4v) is 3.81. The molecule has 0 atom stereocenters. The summed E-state index contributed by atoms with van der Waals surface area (Å²) in [6.45, 7) is 6.63. The van der Waals surface area contributed by atoms with Crippen LogP contribution in [0.5, 0.6) is 5.75 Å². The minimum Gasteiger partial charge on any atom is -0.492 e. The third-order valence-corrected chi connectivity index (χ3v) is 5.68. The van der Waals surface area contributed by atoms with E-state index in [1.807, 2.05) is 19.1 Å². The molecule has 4 heteroatoms. The van der Waals surface area contributed by atoms with Gasteiger partial charge in [0.15, 0.2) is 0 Å². The zero-order chi connectivity index (χ0) is 15.3. The first-order valence-electron chi connectivity index (χ1n) is 6.90. The van der Waals surface area contributed by atoms with E-state index in [4.69, 9.17) is 4.74 Å². The number of rotatable bonds is 2. The zero-order valence-corrected chi connectivity index (χ0v) is 13.2. The normalized spacial score (nSPS) is 16.3. The van der Waals surface area contributed by atoms with Gasteiger partial charge in [-0.3, -0.25) is 0 Å². The Morgan fingerprint density at radius 3 is 2.29 bits per heavy atom. The summed E-state index contributed by atoms with van der Waals surface area (Å²) in [6, 6.07) is 12.1. The van der Waals surface area contributed by atoms with Gasteiger partial charge in [0.25, 0.3) is 0 Å². The van der Waals surface area contributed by atoms with Crippen LogP contribution in [-0.2, 0) is 15.3 Å². The summed E-state index contributed by atoms with van der Waals surface area (Å²) in [5.41, 5.74) is 1.84. The van der Waals surface area contributed by atoms with Gasteiger partial charge in [0.2, 0.25) is 9.84 Å². The quantitative estimate of drug-likeness (QED) is 0.853. The second kappa shape index (κ2) is 4.60. The van der Waals surface area contributed by atoms with E-state index in [1.54, 1.807) is 30.3 Å². The van der Waals surface area contributed by atoms with E-state index < -0.39 is 9.84 Å². The highest BCUT2D eigenvalue weighted by atomic mass is 32.2. The molecular formula is C17H18O3S. The molecule has 0 amide bonds. The van der Waals surface area contributed by atoms with Crippen LogP contribution in [0.3, 0.4) is 0 Å². The first-order valence-corrected chi connectivity index (χ1v) is 8.38. The molecule has 0 bridgehead atoms. The van der Waals surface area contributed by atoms with Gasteiger partial charge < -0.3 is 4.74 Å². The number of aryl methyl sites for hydroxylation is 1. The maximum absolute atomic E-state index is 12.7. The predicted octanol–water partition coefficient (Wildman–Crippen LogP) is 3.50. The van der Waals surface area contributed by atoms with E-state index in [9.17, 15) is 8.42 Å². The SMILES string of the molecule is Cc1ccc(S(=O)(=O)c2ccc3c(c2)C(C)(C)CO3)cc1. The molecule has 1 aliphatic rings. The van der Waals surface area contributed by atoms with Crippen molar-refractivity contribution in [1.29, 1.82) is 0 Å². The molecule has 3 rings (SSSR count). The van der Waals surface area contributed by atoms with Crippen LogP contribution in [0.25, 0.3) is 0 Å². The highest BCUT2D eigenvalue weighted by Crippen LogP contribution is 2.40. The summed E-state index contributed by atoms with van der Waals surface area (Å²) in [4.78, 5) is 0.647. The fraction of sp³-hybridized carbons (Fsp3) is 0.294. The average molecular weight is 302 g/mol. The highest BCUT2D eigenvalue weighted by Gasteiger charge is 2.33. The topological polar surface area (TPSA) is 43.4 Å². The molecule has 110 valence electrons. The summed E-state index contributed by atoms with van der Waals surface area (Å²) in [5, 5.41) is 0. The zero-order valence-electron chi connectivity index (χ0n) is 12.4. The summed E-state index contributed by atoms with van der Waals surface area (Å²) in [7, 11) is -3.48. The van der Waals surface area contributed by atoms with E-state index in [0.717, 1.165) is 16.9 Å². The number of hydrogen-bond acceptors (Lipinski definition) is 3. The molecule has 0 fully saturated rings. The highest BCUT2D eigenvalue weighted by molar-refractivity contribution is 7.91. The molecule has 0 spiro atoms. The van der Waals surface area contributed by atoms with Gasteiger partial charge in [0.1, 0.15) is 5.75 Å². The van der Waals surface area contributed by atoms with Crippen LogP contribution in [0.1, 0.15) is 25.0 Å². The smallest absolute Gasteiger partial charge is 0.206 e. The van der Waals surface area contributed by atoms with Crippen LogP contribution < -0.4 is 4.74 Å². The molecule has 0 saturated heterocycles. The molecule has 0 aliphatic carbocycles. The van der Waals surface area contributed by atoms with Crippen LogP contribution in [0.2, 0.25) is 0 Å². The van der Waals surface area contributed by atoms with Crippen molar-refractivity contribution in [3.63, 3.8) is 0 Å². The summed E-state index contributed by atoms with van der Waals surface area (Å²) >= 11 is 0. The third kappa shape index (κ3) is 2.33. The molecular weight excluding hydrogens is 284 g/mol. The van der Waals surface area contributed by atoms with Crippen LogP contribution in [-0.4, -0.2) is 15.0 Å². The van der Waals surface area contributed by atoms with Crippen molar-refractivity contribution >= 4 is 9.84 Å². The Hall–Kier alpha value is -1.81. The van der Waals surface area contributed by atoms with Gasteiger partial charge in [-0.15, -0.1) is 0 Å². The van der Waals surface area contributed by atoms with Gasteiger partial charge in [-0.05, 0) is 37.3 Å². The van der Waals surface area contributed by atoms with Crippen molar-refractivity contribution in [2.45, 2.75) is 36.0 Å². The van der Waals surface area contributed by atoms with Gasteiger partial charge >= 0.3 is 0 Å². The van der Waals surface area contributed by atoms with Crippen LogP contribution in [0.4, 0.5) is 0 Å². The standard InChI is InChI=1S/C17H18O3S/c1-12-4-6-13(7-5-12)21(18,19)14-8-9-16-15(10-14)17(2,3)11-20-16/h4-10H,11H2,1-3H3. The minimum atomic E-state index is -3.48. The summed E-state index contributed by atoms with van der Waals surface area (Å²) in [5.74, 6) is 0.780. The Kier molecular flexibility index (Phi) is 3.10. The Labute approximate surface area is 125 Å². The summed E-state index contributed by atoms with van der Waals surface area (Å²) < 4.78 is 31.0. The van der Waals surface area contributed by atoms with Crippen molar-refractivity contribution in [2.24, 2.45) is 0 Å². The minimum absolute atomic E-state index is 0.159. The van der Waals surface area contributed by atoms with E-state index in [0.29, 0.717) is 16.4 Å². The molecule has 21 heavy (non-hydrogen) atoms. The van der Waals surface area contributed by atoms with Crippen molar-refractivity contribution in [1.82, 2.24) is 0 Å². The van der Waals surface area contributed by atoms with Crippen molar-refractivity contribution in [3.05, 3.63) is 53.6 Å². The summed E-state index contributed by atoms with van der Waals surface area (Å²) in [6.07, 6.45) is 0. The Morgan fingerprint density at radius 1 is 1.00 bits per heavy atom. The largest absolute Gasteiger partial charge is 0.492 e. The van der Waals surface area contributed by atoms with Crippen molar-refractivity contribution in [2.75, 3.05) is 6.61 Å². The lowest BCUT2D eigenvalue weighted by atomic mass is 9.87. The molecule has 0 unspecified atom stereocenters. The van der Waals surface area contributed by atoms with Gasteiger partial charge in [-0.25, -0.2) is 8.42 Å². The number of sulfone groups is 1. The molecule has 1 aliphatic heterocycles. The van der Waals surface area contributed by atoms with E-state index in [1.165, 1.54) is 0 Å². The fourth-order valence-electron chi connectivity index (χ4n) is 2.52. The number of hydrogen-bond donors (Lipinski definition) is 0. The van der Waals surface area contributed by atoms with E-state index in [-0.39, 0.29) is 5.41 Å². The maximum atomic E-state index is 12.7. The average Bonchev–Trinajstić information content (AvgIpc) is 2.75. The molecule has 0 N–H and O–H groups in total. The van der Waals surface area contributed by atoms with Gasteiger partial charge in [0, 0.05) is 11.0 Å². The molecule has 0 radical (unpaired) electrons. The van der Waals surface area contributed by atoms with Gasteiger partial charge in [-0.2, -0.15) is 0 Å². The number of benzene rings is 2. The Bertz CT molecular complexity index is 787. The molecule has 2 aromatic carbocycles. The van der Waals surface area contributed by atoms with Crippen LogP contribution >= 0.6 is 0 Å². The maximum Gasteiger partial charge on any atom is 0.206 e. The van der Waals surface area contributed by atoms with E-state index >= 15 is 0 Å². The second-order valence-electron chi connectivity index (χ2n) is 6.15. The first kappa shape index (κ1) is 14.1. The van der Waals surface area contributed by atoms with Crippen LogP contribution in [0, 0.1) is 6.92 Å². The lowest BCUT2D eigenvalue weighted by molar-refractivity contribution is 0.291. The van der Waals surface area contributed by atoms with Crippen molar-refractivity contribution in [3.8, 4) is 5.75 Å². The lowest BCUT2D eigenvalue weighted by Crippen LogP contribution is -2.18. The molecule has 2 aromatic rings. The molecule has 3 nitrogen and oxygen atoms in total. The Morgan fingerprint density at radius 2 is 1.62 bits per heavy atom. The number of ether oxygens (including phenoxy) is 1. The third-order valence-electron chi connectivity index (χ3n) is 3.91. The van der Waals surface area contributed by atoms with Gasteiger partial charge in [-0.1, -0.05) is 31.5 Å². The first-order chi connectivity index (χ1) is 9.80. The Balaban J connectivity index is 2.11.